The summed E-state index contributed by atoms with van der Waals surface area (Å²) >= 11 is 6.01. The summed E-state index contributed by atoms with van der Waals surface area (Å²) in [4.78, 5) is 12.4. The first-order valence-corrected chi connectivity index (χ1v) is 9.52. The predicted octanol–water partition coefficient (Wildman–Crippen LogP) is 2.83. The lowest BCUT2D eigenvalue weighted by molar-refractivity contribution is 0.102. The fourth-order valence-electron chi connectivity index (χ4n) is 2.34. The smallest absolute Gasteiger partial charge is 0.257 e. The number of nitrogens with zero attached hydrogens (tertiary/aromatic N) is 2. The Labute approximate surface area is 159 Å². The third-order valence-corrected chi connectivity index (χ3v) is 5.46. The van der Waals surface area contributed by atoms with Gasteiger partial charge in [0.15, 0.2) is 5.82 Å². The van der Waals surface area contributed by atoms with Crippen molar-refractivity contribution in [3.63, 3.8) is 0 Å². The maximum absolute atomic E-state index is 14.3. The molecule has 0 spiro atoms. The van der Waals surface area contributed by atoms with Crippen molar-refractivity contribution in [1.29, 1.82) is 0 Å². The molecule has 0 bridgehead atoms. The highest BCUT2D eigenvalue weighted by Crippen LogP contribution is 2.23. The summed E-state index contributed by atoms with van der Waals surface area (Å²) in [7, 11) is -2.48. The van der Waals surface area contributed by atoms with Gasteiger partial charge >= 0.3 is 0 Å². The van der Waals surface area contributed by atoms with E-state index in [0.717, 1.165) is 12.1 Å². The van der Waals surface area contributed by atoms with Crippen LogP contribution in [0.2, 0.25) is 5.02 Å². The molecule has 0 saturated carbocycles. The Morgan fingerprint density at radius 1 is 1.22 bits per heavy atom. The van der Waals surface area contributed by atoms with E-state index in [0.29, 0.717) is 0 Å². The Morgan fingerprint density at radius 2 is 2.00 bits per heavy atom. The zero-order valence-electron chi connectivity index (χ0n) is 14.0. The first-order valence-electron chi connectivity index (χ1n) is 7.66. The van der Waals surface area contributed by atoms with Gasteiger partial charge in [-0.25, -0.2) is 22.2 Å². The van der Waals surface area contributed by atoms with Crippen molar-refractivity contribution < 1.29 is 17.6 Å². The molecule has 0 atom stereocenters. The van der Waals surface area contributed by atoms with Gasteiger partial charge in [0.05, 0.1) is 15.5 Å². The molecule has 2 aromatic carbocycles. The fourth-order valence-corrected chi connectivity index (χ4v) is 3.30. The van der Waals surface area contributed by atoms with Crippen LogP contribution in [0.5, 0.6) is 0 Å². The van der Waals surface area contributed by atoms with Crippen LogP contribution < -0.4 is 10.0 Å². The van der Waals surface area contributed by atoms with Crippen LogP contribution in [0.1, 0.15) is 10.4 Å². The summed E-state index contributed by atoms with van der Waals surface area (Å²) in [5.74, 6) is -1.26. The van der Waals surface area contributed by atoms with Gasteiger partial charge in [-0.15, -0.1) is 0 Å². The molecule has 0 aliphatic heterocycles. The minimum atomic E-state index is -3.74. The molecule has 0 radical (unpaired) electrons. The molecule has 0 saturated heterocycles. The average Bonchev–Trinajstić information content (AvgIpc) is 3.16. The monoisotopic (exact) mass is 408 g/mol. The molecule has 140 valence electrons. The van der Waals surface area contributed by atoms with E-state index in [1.165, 1.54) is 42.2 Å². The van der Waals surface area contributed by atoms with E-state index in [1.54, 1.807) is 12.3 Å². The third kappa shape index (κ3) is 4.00. The van der Waals surface area contributed by atoms with Crippen LogP contribution in [-0.4, -0.2) is 31.2 Å². The minimum absolute atomic E-state index is 0.0513. The molecule has 0 aliphatic carbocycles. The van der Waals surface area contributed by atoms with E-state index >= 15 is 0 Å². The number of rotatable bonds is 5. The molecule has 3 aromatic rings. The van der Waals surface area contributed by atoms with Crippen molar-refractivity contribution in [1.82, 2.24) is 14.5 Å². The van der Waals surface area contributed by atoms with Crippen LogP contribution in [-0.2, 0) is 10.0 Å². The Morgan fingerprint density at radius 3 is 2.63 bits per heavy atom. The second-order valence-electron chi connectivity index (χ2n) is 5.42. The van der Waals surface area contributed by atoms with Gasteiger partial charge in [-0.3, -0.25) is 4.79 Å². The van der Waals surface area contributed by atoms with E-state index in [4.69, 9.17) is 11.6 Å². The highest BCUT2D eigenvalue weighted by Gasteiger charge is 2.18. The fraction of sp³-hybridized carbons (Fsp3) is 0.0588. The maximum atomic E-state index is 14.3. The summed E-state index contributed by atoms with van der Waals surface area (Å²) in [6.45, 7) is 0. The van der Waals surface area contributed by atoms with Crippen molar-refractivity contribution in [2.24, 2.45) is 0 Å². The average molecular weight is 409 g/mol. The number of hydrogen-bond acceptors (Lipinski definition) is 4. The lowest BCUT2D eigenvalue weighted by atomic mass is 10.2. The van der Waals surface area contributed by atoms with Crippen LogP contribution >= 0.6 is 11.6 Å². The van der Waals surface area contributed by atoms with Crippen molar-refractivity contribution in [2.75, 3.05) is 12.4 Å². The van der Waals surface area contributed by atoms with Gasteiger partial charge < -0.3 is 5.32 Å². The highest BCUT2D eigenvalue weighted by molar-refractivity contribution is 7.89. The SMILES string of the molecule is CNS(=O)(=O)c1ccc(Cl)c(C(=O)Nc2ccc(-n3cccn3)c(F)c2)c1. The first kappa shape index (κ1) is 19.0. The summed E-state index contributed by atoms with van der Waals surface area (Å²) < 4.78 is 41.6. The maximum Gasteiger partial charge on any atom is 0.257 e. The molecule has 27 heavy (non-hydrogen) atoms. The number of amides is 1. The number of anilines is 1. The third-order valence-electron chi connectivity index (χ3n) is 3.72. The normalized spacial score (nSPS) is 11.4. The molecule has 3 rings (SSSR count). The summed E-state index contributed by atoms with van der Waals surface area (Å²) in [6.07, 6.45) is 3.10. The van der Waals surface area contributed by atoms with Crippen molar-refractivity contribution in [2.45, 2.75) is 4.90 Å². The number of benzene rings is 2. The van der Waals surface area contributed by atoms with E-state index < -0.39 is 21.7 Å². The number of carbonyl (C=O) groups is 1. The number of sulfonamides is 1. The van der Waals surface area contributed by atoms with E-state index in [9.17, 15) is 17.6 Å². The van der Waals surface area contributed by atoms with Gasteiger partial charge in [-0.1, -0.05) is 11.6 Å². The lowest BCUT2D eigenvalue weighted by Crippen LogP contribution is -2.20. The summed E-state index contributed by atoms with van der Waals surface area (Å²) in [5, 5.41) is 6.51. The molecule has 1 aromatic heterocycles. The van der Waals surface area contributed by atoms with Crippen molar-refractivity contribution in [3.8, 4) is 5.69 Å². The van der Waals surface area contributed by atoms with Gasteiger partial charge in [0.2, 0.25) is 10.0 Å². The Kier molecular flexibility index (Phi) is 5.26. The lowest BCUT2D eigenvalue weighted by Gasteiger charge is -2.10. The van der Waals surface area contributed by atoms with Crippen LogP contribution in [0.25, 0.3) is 5.69 Å². The zero-order chi connectivity index (χ0) is 19.6. The van der Waals surface area contributed by atoms with Crippen LogP contribution in [0.3, 0.4) is 0 Å². The summed E-state index contributed by atoms with van der Waals surface area (Å²) in [6, 6.07) is 9.49. The van der Waals surface area contributed by atoms with E-state index in [2.05, 4.69) is 15.1 Å². The van der Waals surface area contributed by atoms with Crippen LogP contribution in [0.15, 0.2) is 59.8 Å². The molecule has 0 aliphatic rings. The Balaban J connectivity index is 1.88. The number of nitrogens with one attached hydrogen (secondary N) is 2. The number of aromatic nitrogens is 2. The highest BCUT2D eigenvalue weighted by atomic mass is 35.5. The number of hydrogen-bond donors (Lipinski definition) is 2. The van der Waals surface area contributed by atoms with Gasteiger partial charge in [-0.05, 0) is 49.5 Å². The van der Waals surface area contributed by atoms with Crippen molar-refractivity contribution >= 4 is 33.2 Å². The molecular weight excluding hydrogens is 395 g/mol. The molecule has 0 unspecified atom stereocenters. The summed E-state index contributed by atoms with van der Waals surface area (Å²) in [5.41, 5.74) is 0.356. The number of carbonyl (C=O) groups excluding carboxylic acids is 1. The topological polar surface area (TPSA) is 93.1 Å². The van der Waals surface area contributed by atoms with Crippen molar-refractivity contribution in [3.05, 3.63) is 71.3 Å². The largest absolute Gasteiger partial charge is 0.322 e. The predicted molar refractivity (Wildman–Crippen MR) is 99.2 cm³/mol. The van der Waals surface area contributed by atoms with E-state index in [-0.39, 0.29) is 26.9 Å². The molecular formula is C17H14ClFN4O3S. The molecule has 1 amide bonds. The molecule has 1 heterocycles. The first-order chi connectivity index (χ1) is 12.8. The Bertz CT molecular complexity index is 1100. The van der Waals surface area contributed by atoms with Gasteiger partial charge in [0, 0.05) is 18.1 Å². The molecule has 2 N–H and O–H groups in total. The second-order valence-corrected chi connectivity index (χ2v) is 7.71. The van der Waals surface area contributed by atoms with Crippen LogP contribution in [0.4, 0.5) is 10.1 Å². The quantitative estimate of drug-likeness (QED) is 0.678. The zero-order valence-corrected chi connectivity index (χ0v) is 15.6. The second kappa shape index (κ2) is 7.47. The number of halogens is 2. The van der Waals surface area contributed by atoms with Gasteiger partial charge in [0.25, 0.3) is 5.91 Å². The molecule has 10 heteroatoms. The van der Waals surface area contributed by atoms with E-state index in [1.807, 2.05) is 0 Å². The standard InChI is InChI=1S/C17H14ClFN4O3S/c1-20-27(25,26)12-4-5-14(18)13(10-12)17(24)22-11-3-6-16(15(19)9-11)23-8-2-7-21-23/h2-10,20H,1H3,(H,22,24). The van der Waals surface area contributed by atoms with Gasteiger partial charge in [0.1, 0.15) is 5.69 Å². The Hall–Kier alpha value is -2.75. The van der Waals surface area contributed by atoms with Gasteiger partial charge in [-0.2, -0.15) is 5.10 Å². The molecule has 0 fully saturated rings. The molecule has 7 nitrogen and oxygen atoms in total. The minimum Gasteiger partial charge on any atom is -0.322 e. The van der Waals surface area contributed by atoms with Crippen LogP contribution in [0, 0.1) is 5.82 Å².